The highest BCUT2D eigenvalue weighted by molar-refractivity contribution is 5.95. The molecule has 348 valence electrons. The predicted molar refractivity (Wildman–Crippen MR) is 235 cm³/mol. The number of carbonyl (C=O) groups excluding carboxylic acids is 6. The standard InChI is InChI=1S/C46H62F2N8O8/c1-26(57)63-31-23-38(53-24-31)44(39(59)7-5-15-51-40(60)13-17-49-3)43-34-12-10-29(48)20-37(34)55-46(43)45-35(33-11-9-28(47)19-36(33)54-45)22-30-21-32(64-27(2)58)25-56(30)42(62)8-6-16-52-41(61)14-18-50-4/h9-12,19-20,30-32,35,38,44-45,49-50,53-55H,5-8,13-18,21-25H2,1-4H3,(H,51,60)(H,52,61)/i1D2,11D,22D,38D/hD2. The predicted octanol–water partition coefficient (Wildman–Crippen LogP) is 3.58. The first-order valence-corrected chi connectivity index (χ1v) is 21.7. The summed E-state index contributed by atoms with van der Waals surface area (Å²) in [6, 6.07) is 0.284. The number of esters is 2. The van der Waals surface area contributed by atoms with E-state index in [1.165, 1.54) is 17.9 Å². The van der Waals surface area contributed by atoms with Crippen LogP contribution in [0.1, 0.15) is 113 Å². The average Bonchev–Trinajstić information content (AvgIpc) is 4.04. The van der Waals surface area contributed by atoms with Gasteiger partial charge in [-0.2, -0.15) is 0 Å². The topological polar surface area (TPSA) is 212 Å². The molecule has 7 N–H and O–H groups in total. The lowest BCUT2D eigenvalue weighted by Gasteiger charge is -2.31. The molecule has 2 aromatic carbocycles. The number of nitrogens with one attached hydrogen (secondary N) is 7. The molecule has 18 heteroatoms. The fourth-order valence-electron chi connectivity index (χ4n) is 8.74. The van der Waals surface area contributed by atoms with Crippen LogP contribution in [0.15, 0.2) is 36.4 Å². The number of amides is 3. The van der Waals surface area contributed by atoms with E-state index in [1.54, 1.807) is 14.1 Å². The van der Waals surface area contributed by atoms with Crippen molar-refractivity contribution in [1.82, 2.24) is 36.5 Å². The molecule has 2 saturated heterocycles. The van der Waals surface area contributed by atoms with Crippen molar-refractivity contribution in [3.05, 3.63) is 64.8 Å². The molecule has 4 heterocycles. The monoisotopic (exact) mass is 900 g/mol. The first kappa shape index (κ1) is 39.0. The van der Waals surface area contributed by atoms with Crippen LogP contribution in [-0.2, 0) is 38.2 Å². The third kappa shape index (κ3) is 12.2. The Morgan fingerprint density at radius 3 is 2.30 bits per heavy atom. The molecule has 0 saturated carbocycles. The van der Waals surface area contributed by atoms with Crippen LogP contribution in [0.4, 0.5) is 14.5 Å². The van der Waals surface area contributed by atoms with Gasteiger partial charge in [0.1, 0.15) is 31.0 Å². The van der Waals surface area contributed by atoms with Gasteiger partial charge in [0.05, 0.1) is 19.9 Å². The Hall–Kier alpha value is -5.46. The maximum atomic E-state index is 15.4. The van der Waals surface area contributed by atoms with Crippen molar-refractivity contribution in [3.8, 4) is 0 Å². The summed E-state index contributed by atoms with van der Waals surface area (Å²) in [6.45, 7) is -0.311. The van der Waals surface area contributed by atoms with E-state index in [0.717, 1.165) is 34.9 Å². The quantitative estimate of drug-likeness (QED) is 0.0570. The molecule has 8 unspecified atom stereocenters. The Bertz CT molecular complexity index is 2460. The second kappa shape index (κ2) is 22.4. The zero-order chi connectivity index (χ0) is 51.9. The maximum absolute atomic E-state index is 15.4. The minimum Gasteiger partial charge on any atom is -0.461 e. The fraction of sp³-hybridized carbons (Fsp3) is 0.565. The zero-order valence-electron chi connectivity index (χ0n) is 43.3. The van der Waals surface area contributed by atoms with E-state index in [2.05, 4.69) is 26.3 Å². The number of aromatic amines is 1. The lowest BCUT2D eigenvalue weighted by atomic mass is 9.79. The maximum Gasteiger partial charge on any atom is 0.302 e. The second-order valence-corrected chi connectivity index (χ2v) is 16.2. The molecule has 3 amide bonds. The van der Waals surface area contributed by atoms with Crippen LogP contribution < -0.4 is 31.9 Å². The highest BCUT2D eigenvalue weighted by atomic mass is 19.1. The molecule has 0 bridgehead atoms. The number of rotatable bonds is 22. The Morgan fingerprint density at radius 1 is 0.922 bits per heavy atom. The van der Waals surface area contributed by atoms with E-state index in [0.29, 0.717) is 13.1 Å². The number of hydrogen-bond acceptors (Lipinski definition) is 12. The number of ether oxygens (including phenoxy) is 2. The van der Waals surface area contributed by atoms with Gasteiger partial charge in [-0.25, -0.2) is 8.78 Å². The molecule has 3 aromatic rings. The van der Waals surface area contributed by atoms with Gasteiger partial charge in [0.15, 0.2) is 1.41 Å². The number of H-pyrrole nitrogens is 1. The molecular formula is C46H62F2N8O8. The smallest absolute Gasteiger partial charge is 0.302 e. The summed E-state index contributed by atoms with van der Waals surface area (Å²) in [5.74, 6) is -8.09. The average molecular weight is 900 g/mol. The number of anilines is 1. The molecule has 8 atom stereocenters. The van der Waals surface area contributed by atoms with Crippen LogP contribution in [-0.4, -0.2) is 123 Å². The van der Waals surface area contributed by atoms with E-state index in [-0.39, 0.29) is 110 Å². The third-order valence-corrected chi connectivity index (χ3v) is 11.6. The van der Waals surface area contributed by atoms with Crippen molar-refractivity contribution in [2.24, 2.45) is 0 Å². The molecule has 3 aliphatic rings. The molecular weight excluding hydrogens is 831 g/mol. The van der Waals surface area contributed by atoms with Crippen molar-refractivity contribution >= 4 is 52.0 Å². The van der Waals surface area contributed by atoms with Crippen LogP contribution >= 0.6 is 0 Å². The van der Waals surface area contributed by atoms with Gasteiger partial charge in [-0.05, 0) is 74.8 Å². The Kier molecular flexibility index (Phi) is 13.7. The number of aromatic nitrogens is 1. The van der Waals surface area contributed by atoms with E-state index in [4.69, 9.17) is 15.0 Å². The van der Waals surface area contributed by atoms with Gasteiger partial charge in [0.25, 0.3) is 0 Å². The normalized spacial score (nSPS) is 25.6. The number of Topliss-reactive ketones (excluding diaryl/α,β-unsaturated/α-hetero) is 1. The van der Waals surface area contributed by atoms with E-state index in [9.17, 15) is 28.1 Å². The van der Waals surface area contributed by atoms with Gasteiger partial charge < -0.3 is 51.2 Å². The van der Waals surface area contributed by atoms with Crippen LogP contribution in [0.5, 0.6) is 0 Å². The Balaban J connectivity index is 1.47. The van der Waals surface area contributed by atoms with E-state index < -0.39 is 110 Å². The van der Waals surface area contributed by atoms with Gasteiger partial charge in [-0.1, -0.05) is 6.04 Å². The summed E-state index contributed by atoms with van der Waals surface area (Å²) in [5.41, 5.74) is -0.0644. The Labute approximate surface area is 382 Å². The fourth-order valence-corrected chi connectivity index (χ4v) is 8.74. The summed E-state index contributed by atoms with van der Waals surface area (Å²) in [6.07, 6.45) is -3.83. The first-order valence-electron chi connectivity index (χ1n) is 25.3. The van der Waals surface area contributed by atoms with Crippen molar-refractivity contribution in [2.45, 2.75) is 114 Å². The third-order valence-electron chi connectivity index (χ3n) is 11.6. The zero-order valence-corrected chi connectivity index (χ0v) is 36.3. The minimum atomic E-state index is -2.30. The van der Waals surface area contributed by atoms with Crippen LogP contribution in [0.2, 0.25) is 2.82 Å². The number of nitrogens with zero attached hydrogens (tertiary/aromatic N) is 1. The first-order chi connectivity index (χ1) is 33.7. The summed E-state index contributed by atoms with van der Waals surface area (Å²) in [7, 11) is 3.40. The van der Waals surface area contributed by atoms with Crippen LogP contribution in [0.25, 0.3) is 10.9 Å². The highest BCUT2D eigenvalue weighted by Gasteiger charge is 2.46. The molecule has 16 nitrogen and oxygen atoms in total. The largest absolute Gasteiger partial charge is 0.461 e. The number of likely N-dealkylation sites (tertiary alicyclic amines) is 1. The SMILES string of the molecule is [2H]c1cc(F)cc2c1C(C([2H])C1CC(OC(C)=O)CN1C(=O)CCCNC(=O)CCNC)C(c1[nH]c3cc(F)ccc3c1C(C(=O)CCCNC(=O)CCNC)C1([2H])CC(OC(=O)C([2H])[2H])CN1[2H])N2[2H]. The molecule has 0 aliphatic carbocycles. The molecule has 3 aliphatic heterocycles. The summed E-state index contributed by atoms with van der Waals surface area (Å²) < 4.78 is 105. The van der Waals surface area contributed by atoms with Crippen molar-refractivity contribution in [2.75, 3.05) is 58.7 Å². The molecule has 1 aromatic heterocycles. The summed E-state index contributed by atoms with van der Waals surface area (Å²) in [4.78, 5) is 83.3. The second-order valence-electron chi connectivity index (χ2n) is 16.2. The van der Waals surface area contributed by atoms with E-state index in [1.807, 2.05) is 0 Å². The molecule has 0 radical (unpaired) electrons. The number of halogens is 2. The van der Waals surface area contributed by atoms with E-state index >= 15 is 13.6 Å². The highest BCUT2D eigenvalue weighted by Crippen LogP contribution is 2.51. The van der Waals surface area contributed by atoms with Gasteiger partial charge in [0.2, 0.25) is 17.7 Å². The molecule has 2 fully saturated rings. The molecule has 64 heavy (non-hydrogen) atoms. The number of ketones is 1. The number of benzene rings is 2. The minimum absolute atomic E-state index is 0.00527. The van der Waals surface area contributed by atoms with Crippen molar-refractivity contribution in [1.29, 1.82) is 0 Å². The van der Waals surface area contributed by atoms with Gasteiger partial charge in [-0.3, -0.25) is 28.8 Å². The van der Waals surface area contributed by atoms with Crippen LogP contribution in [0.3, 0.4) is 0 Å². The van der Waals surface area contributed by atoms with Gasteiger partial charge >= 0.3 is 11.9 Å². The lowest BCUT2D eigenvalue weighted by molar-refractivity contribution is -0.147. The van der Waals surface area contributed by atoms with Crippen LogP contribution in [0, 0.1) is 11.6 Å². The summed E-state index contributed by atoms with van der Waals surface area (Å²) in [5, 5.41) is 13.1. The van der Waals surface area contributed by atoms with Crippen molar-refractivity contribution in [3.63, 3.8) is 0 Å². The lowest BCUT2D eigenvalue weighted by Crippen LogP contribution is -2.38. The number of fused-ring (bicyclic) bond motifs is 2. The van der Waals surface area contributed by atoms with Gasteiger partial charge in [0, 0.05) is 131 Å². The van der Waals surface area contributed by atoms with Crippen molar-refractivity contribution < 1.29 is 56.7 Å². The number of carbonyl (C=O) groups is 6. The molecule has 6 rings (SSSR count). The number of hydrogen-bond donors (Lipinski definition) is 7. The summed E-state index contributed by atoms with van der Waals surface area (Å²) >= 11 is 0. The van der Waals surface area contributed by atoms with Gasteiger partial charge in [-0.15, -0.1) is 0 Å². The molecule has 0 spiro atoms. The Morgan fingerprint density at radius 2 is 1.61 bits per heavy atom.